The SMILES string of the molecule is Cc1cc(NC(=O)c2ccc(OC(F)(F)F)cc2)n(C2CCS(=O)(=O)C2)n1. The predicted molar refractivity (Wildman–Crippen MR) is 90.4 cm³/mol. The predicted octanol–water partition coefficient (Wildman–Crippen LogP) is 2.70. The standard InChI is InChI=1S/C16H16F3N3O4S/c1-10-8-14(22(21-10)12-6-7-27(24,25)9-12)20-15(23)11-2-4-13(5-3-11)26-16(17,18)19/h2-5,8,12H,6-7,9H2,1H3,(H,20,23). The minimum atomic E-state index is -4.81. The molecule has 1 atom stereocenters. The van der Waals surface area contributed by atoms with Crippen LogP contribution in [-0.2, 0) is 9.84 Å². The first kappa shape index (κ1) is 19.2. The van der Waals surface area contributed by atoms with Gasteiger partial charge in [0.05, 0.1) is 23.2 Å². The van der Waals surface area contributed by atoms with Gasteiger partial charge in [-0.3, -0.25) is 4.79 Å². The van der Waals surface area contributed by atoms with Crippen LogP contribution in [0.3, 0.4) is 0 Å². The van der Waals surface area contributed by atoms with Crippen LogP contribution in [0.5, 0.6) is 5.75 Å². The highest BCUT2D eigenvalue weighted by Crippen LogP contribution is 2.28. The number of hydrogen-bond acceptors (Lipinski definition) is 5. The molecule has 0 spiro atoms. The van der Waals surface area contributed by atoms with Gasteiger partial charge in [0, 0.05) is 11.6 Å². The third-order valence-corrected chi connectivity index (χ3v) is 5.75. The topological polar surface area (TPSA) is 90.3 Å². The molecule has 1 aromatic heterocycles. The molecule has 0 aliphatic carbocycles. The number of aromatic nitrogens is 2. The van der Waals surface area contributed by atoms with Gasteiger partial charge in [0.2, 0.25) is 0 Å². The van der Waals surface area contributed by atoms with E-state index >= 15 is 0 Å². The molecule has 7 nitrogen and oxygen atoms in total. The van der Waals surface area contributed by atoms with Gasteiger partial charge in [0.1, 0.15) is 11.6 Å². The van der Waals surface area contributed by atoms with Crippen LogP contribution in [0, 0.1) is 6.92 Å². The Bertz CT molecular complexity index is 952. The molecule has 1 amide bonds. The summed E-state index contributed by atoms with van der Waals surface area (Å²) in [6.45, 7) is 1.71. The Morgan fingerprint density at radius 3 is 2.52 bits per heavy atom. The molecule has 0 radical (unpaired) electrons. The fourth-order valence-electron chi connectivity index (χ4n) is 2.85. The van der Waals surface area contributed by atoms with E-state index in [0.29, 0.717) is 17.9 Å². The van der Waals surface area contributed by atoms with Crippen molar-refractivity contribution in [2.45, 2.75) is 25.7 Å². The molecule has 11 heteroatoms. The molecule has 3 rings (SSSR count). The molecule has 1 aliphatic heterocycles. The van der Waals surface area contributed by atoms with Crippen molar-refractivity contribution in [1.82, 2.24) is 9.78 Å². The van der Waals surface area contributed by atoms with E-state index in [1.807, 2.05) is 0 Å². The van der Waals surface area contributed by atoms with Crippen LogP contribution in [0.25, 0.3) is 0 Å². The number of sulfone groups is 1. The molecular weight excluding hydrogens is 387 g/mol. The Labute approximate surface area is 153 Å². The van der Waals surface area contributed by atoms with E-state index in [1.54, 1.807) is 13.0 Å². The largest absolute Gasteiger partial charge is 0.573 e. The first-order chi connectivity index (χ1) is 12.5. The second kappa shape index (κ2) is 6.87. The number of halogens is 3. The highest BCUT2D eigenvalue weighted by Gasteiger charge is 2.32. The van der Waals surface area contributed by atoms with Gasteiger partial charge in [0.25, 0.3) is 5.91 Å². The number of hydrogen-bond donors (Lipinski definition) is 1. The molecule has 2 aromatic rings. The normalized spacial score (nSPS) is 19.0. The Morgan fingerprint density at radius 1 is 1.30 bits per heavy atom. The Morgan fingerprint density at radius 2 is 1.96 bits per heavy atom. The number of amides is 1. The van der Waals surface area contributed by atoms with Crippen molar-refractivity contribution in [3.8, 4) is 5.75 Å². The minimum absolute atomic E-state index is 0.0551. The molecule has 1 aliphatic rings. The van der Waals surface area contributed by atoms with Crippen molar-refractivity contribution in [3.63, 3.8) is 0 Å². The van der Waals surface area contributed by atoms with E-state index in [2.05, 4.69) is 15.2 Å². The molecule has 1 N–H and O–H groups in total. The number of anilines is 1. The first-order valence-corrected chi connectivity index (χ1v) is 9.78. The number of nitrogens with zero attached hydrogens (tertiary/aromatic N) is 2. The molecule has 0 bridgehead atoms. The van der Waals surface area contributed by atoms with E-state index in [0.717, 1.165) is 12.1 Å². The summed E-state index contributed by atoms with van der Waals surface area (Å²) in [7, 11) is -3.13. The summed E-state index contributed by atoms with van der Waals surface area (Å²) in [5, 5.41) is 6.88. The van der Waals surface area contributed by atoms with Crippen molar-refractivity contribution >= 4 is 21.6 Å². The third kappa shape index (κ3) is 4.79. The minimum Gasteiger partial charge on any atom is -0.406 e. The smallest absolute Gasteiger partial charge is 0.406 e. The van der Waals surface area contributed by atoms with Crippen LogP contribution in [0.2, 0.25) is 0 Å². The number of alkyl halides is 3. The molecular formula is C16H16F3N3O4S. The first-order valence-electron chi connectivity index (χ1n) is 7.96. The molecule has 1 fully saturated rings. The fraction of sp³-hybridized carbons (Fsp3) is 0.375. The summed E-state index contributed by atoms with van der Waals surface area (Å²) in [5.41, 5.74) is 0.720. The van der Waals surface area contributed by atoms with Gasteiger partial charge >= 0.3 is 6.36 Å². The summed E-state index contributed by atoms with van der Waals surface area (Å²) in [6, 6.07) is 5.70. The van der Waals surface area contributed by atoms with E-state index in [1.165, 1.54) is 16.8 Å². The van der Waals surface area contributed by atoms with Crippen molar-refractivity contribution in [2.75, 3.05) is 16.8 Å². The van der Waals surface area contributed by atoms with Gasteiger partial charge in [-0.2, -0.15) is 5.10 Å². The summed E-state index contributed by atoms with van der Waals surface area (Å²) < 4.78 is 65.2. The molecule has 0 saturated carbocycles. The number of carbonyl (C=O) groups is 1. The van der Waals surface area contributed by atoms with E-state index < -0.39 is 27.9 Å². The van der Waals surface area contributed by atoms with Crippen molar-refractivity contribution in [3.05, 3.63) is 41.6 Å². The van der Waals surface area contributed by atoms with Gasteiger partial charge in [-0.05, 0) is 37.6 Å². The summed E-state index contributed by atoms with van der Waals surface area (Å²) in [4.78, 5) is 12.4. The lowest BCUT2D eigenvalue weighted by atomic mass is 10.2. The highest BCUT2D eigenvalue weighted by atomic mass is 32.2. The van der Waals surface area contributed by atoms with Crippen LogP contribution in [-0.4, -0.2) is 42.0 Å². The highest BCUT2D eigenvalue weighted by molar-refractivity contribution is 7.91. The maximum Gasteiger partial charge on any atom is 0.573 e. The van der Waals surface area contributed by atoms with Crippen molar-refractivity contribution < 1.29 is 31.1 Å². The van der Waals surface area contributed by atoms with Crippen LogP contribution in [0.4, 0.5) is 19.0 Å². The summed E-state index contributed by atoms with van der Waals surface area (Å²) in [6.07, 6.45) is -4.41. The molecule has 2 heterocycles. The average Bonchev–Trinajstić information content (AvgIpc) is 3.08. The lowest BCUT2D eigenvalue weighted by Gasteiger charge is -2.14. The molecule has 146 valence electrons. The lowest BCUT2D eigenvalue weighted by molar-refractivity contribution is -0.274. The zero-order valence-electron chi connectivity index (χ0n) is 14.2. The molecule has 27 heavy (non-hydrogen) atoms. The lowest BCUT2D eigenvalue weighted by Crippen LogP contribution is -2.20. The van der Waals surface area contributed by atoms with Crippen molar-refractivity contribution in [2.24, 2.45) is 0 Å². The van der Waals surface area contributed by atoms with Gasteiger partial charge < -0.3 is 10.1 Å². The number of nitrogens with one attached hydrogen (secondary N) is 1. The average molecular weight is 403 g/mol. The zero-order valence-corrected chi connectivity index (χ0v) is 15.0. The Kier molecular flexibility index (Phi) is 4.89. The van der Waals surface area contributed by atoms with Gasteiger partial charge in [-0.25, -0.2) is 13.1 Å². The Hall–Kier alpha value is -2.56. The molecule has 1 saturated heterocycles. The zero-order chi connectivity index (χ0) is 19.8. The van der Waals surface area contributed by atoms with E-state index in [9.17, 15) is 26.4 Å². The van der Waals surface area contributed by atoms with Gasteiger partial charge in [0.15, 0.2) is 9.84 Å². The number of ether oxygens (including phenoxy) is 1. The number of rotatable bonds is 4. The maximum atomic E-state index is 12.4. The van der Waals surface area contributed by atoms with Crippen molar-refractivity contribution in [1.29, 1.82) is 0 Å². The van der Waals surface area contributed by atoms with Crippen LogP contribution >= 0.6 is 0 Å². The maximum absolute atomic E-state index is 12.4. The van der Waals surface area contributed by atoms with Gasteiger partial charge in [-0.15, -0.1) is 13.2 Å². The summed E-state index contributed by atoms with van der Waals surface area (Å²) in [5.74, 6) is -0.660. The number of carbonyl (C=O) groups excluding carboxylic acids is 1. The van der Waals surface area contributed by atoms with Crippen LogP contribution < -0.4 is 10.1 Å². The van der Waals surface area contributed by atoms with Gasteiger partial charge in [-0.1, -0.05) is 0 Å². The Balaban J connectivity index is 1.75. The summed E-state index contributed by atoms with van der Waals surface area (Å²) >= 11 is 0. The second-order valence-electron chi connectivity index (χ2n) is 6.20. The number of aryl methyl sites for hydroxylation is 1. The fourth-order valence-corrected chi connectivity index (χ4v) is 4.55. The molecule has 1 aromatic carbocycles. The quantitative estimate of drug-likeness (QED) is 0.848. The monoisotopic (exact) mass is 403 g/mol. The number of benzene rings is 1. The van der Waals surface area contributed by atoms with Crippen LogP contribution in [0.15, 0.2) is 30.3 Å². The second-order valence-corrected chi connectivity index (χ2v) is 8.43. The van der Waals surface area contributed by atoms with Crippen LogP contribution in [0.1, 0.15) is 28.5 Å². The van der Waals surface area contributed by atoms with E-state index in [4.69, 9.17) is 0 Å². The third-order valence-electron chi connectivity index (χ3n) is 4.00. The van der Waals surface area contributed by atoms with E-state index in [-0.39, 0.29) is 23.1 Å². The molecule has 1 unspecified atom stereocenters.